The van der Waals surface area contributed by atoms with Gasteiger partial charge in [-0.3, -0.25) is 19.7 Å². The molecule has 3 amide bonds. The molecule has 2 aromatic rings. The van der Waals surface area contributed by atoms with E-state index in [0.717, 1.165) is 16.5 Å². The van der Waals surface area contributed by atoms with Gasteiger partial charge in [-0.1, -0.05) is 38.0 Å². The van der Waals surface area contributed by atoms with E-state index in [2.05, 4.69) is 38.2 Å². The van der Waals surface area contributed by atoms with Crippen LogP contribution in [-0.2, 0) is 9.59 Å². The molecule has 4 atom stereocenters. The number of carbonyl (C=O) groups excluding carboxylic acids is 3. The molecule has 1 aliphatic heterocycles. The maximum Gasteiger partial charge on any atom is 0.268 e. The van der Waals surface area contributed by atoms with Crippen molar-refractivity contribution in [2.75, 3.05) is 20.2 Å². The summed E-state index contributed by atoms with van der Waals surface area (Å²) >= 11 is 0. The van der Waals surface area contributed by atoms with E-state index in [1.165, 1.54) is 0 Å². The first kappa shape index (κ1) is 32.0. The van der Waals surface area contributed by atoms with Crippen molar-refractivity contribution in [3.05, 3.63) is 53.8 Å². The lowest BCUT2D eigenvalue weighted by atomic mass is 9.93. The number of rotatable bonds is 14. The fourth-order valence-corrected chi connectivity index (χ4v) is 5.09. The summed E-state index contributed by atoms with van der Waals surface area (Å²) in [6.45, 7) is 6.63. The van der Waals surface area contributed by atoms with E-state index in [0.29, 0.717) is 37.4 Å². The predicted octanol–water partition coefficient (Wildman–Crippen LogP) is 2.95. The maximum absolute atomic E-state index is 13.7. The molecule has 1 aromatic heterocycles. The lowest BCUT2D eigenvalue weighted by Crippen LogP contribution is -2.56. The standard InChI is InChI=1S/C32H40N6O4/c1-6-9-21(10-7-2)19-35-28(18-33)25(16-22-13-14-34-30(22)39)37-31(40)26(15-20(3)4)38-32(41)27-17-23-24(36-27)11-8-12-29(23)42-5/h1,7-12,17,20,22,25-26,28,35-36H,13-16,19H2,2-5H3,(H,34,39)(H,37,40)(H,38,41)/b10-7-,21-9+. The number of ether oxygens (including phenoxy) is 1. The number of benzene rings is 1. The molecule has 0 saturated carbocycles. The van der Waals surface area contributed by atoms with Crippen molar-refractivity contribution >= 4 is 28.6 Å². The number of nitriles is 1. The van der Waals surface area contributed by atoms with Gasteiger partial charge in [-0.25, -0.2) is 0 Å². The van der Waals surface area contributed by atoms with E-state index in [4.69, 9.17) is 11.2 Å². The molecule has 10 nitrogen and oxygen atoms in total. The average molecular weight is 573 g/mol. The van der Waals surface area contributed by atoms with Crippen LogP contribution in [0.5, 0.6) is 5.75 Å². The summed E-state index contributed by atoms with van der Waals surface area (Å²) < 4.78 is 5.40. The first-order chi connectivity index (χ1) is 20.2. The zero-order valence-corrected chi connectivity index (χ0v) is 24.6. The lowest BCUT2D eigenvalue weighted by molar-refractivity contribution is -0.126. The van der Waals surface area contributed by atoms with Crippen LogP contribution in [0.15, 0.2) is 48.1 Å². The van der Waals surface area contributed by atoms with Gasteiger partial charge in [0.15, 0.2) is 0 Å². The van der Waals surface area contributed by atoms with Crippen molar-refractivity contribution in [2.24, 2.45) is 11.8 Å². The third kappa shape index (κ3) is 8.48. The Hall–Kier alpha value is -4.54. The Morgan fingerprint density at radius 3 is 2.69 bits per heavy atom. The van der Waals surface area contributed by atoms with Gasteiger partial charge in [-0.15, -0.1) is 6.42 Å². The molecule has 1 aliphatic rings. The van der Waals surface area contributed by atoms with E-state index in [-0.39, 0.29) is 24.2 Å². The summed E-state index contributed by atoms with van der Waals surface area (Å²) in [5.74, 6) is 1.89. The van der Waals surface area contributed by atoms with Gasteiger partial charge in [0.25, 0.3) is 5.91 Å². The highest BCUT2D eigenvalue weighted by Crippen LogP contribution is 2.26. The molecule has 42 heavy (non-hydrogen) atoms. The third-order valence-electron chi connectivity index (χ3n) is 7.16. The molecule has 5 N–H and O–H groups in total. The SMILES string of the molecule is C#C/C=C(\C=C/C)CNC(C#N)C(CC1CCNC1=O)NC(=O)C(CC(C)C)NC(=O)c1cc2c(OC)cccc2[nH]1. The van der Waals surface area contributed by atoms with Gasteiger partial charge >= 0.3 is 0 Å². The van der Waals surface area contributed by atoms with Crippen LogP contribution < -0.4 is 26.0 Å². The number of amides is 3. The first-order valence-corrected chi connectivity index (χ1v) is 14.2. The first-order valence-electron chi connectivity index (χ1n) is 14.2. The number of aromatic amines is 1. The van der Waals surface area contributed by atoms with E-state index in [9.17, 15) is 19.6 Å². The van der Waals surface area contributed by atoms with E-state index >= 15 is 0 Å². The summed E-state index contributed by atoms with van der Waals surface area (Å²) in [4.78, 5) is 42.5. The van der Waals surface area contributed by atoms with Crippen molar-refractivity contribution in [1.29, 1.82) is 5.26 Å². The largest absolute Gasteiger partial charge is 0.496 e. The molecule has 2 heterocycles. The normalized spacial score (nSPS) is 17.4. The van der Waals surface area contributed by atoms with Crippen LogP contribution in [0.3, 0.4) is 0 Å². The van der Waals surface area contributed by atoms with Crippen molar-refractivity contribution in [1.82, 2.24) is 26.3 Å². The molecule has 222 valence electrons. The number of methoxy groups -OCH3 is 1. The van der Waals surface area contributed by atoms with Crippen LogP contribution in [0.4, 0.5) is 0 Å². The topological polar surface area (TPSA) is 148 Å². The Kier molecular flexibility index (Phi) is 11.8. The van der Waals surface area contributed by atoms with Gasteiger partial charge in [0.05, 0.1) is 19.2 Å². The number of hydrogen-bond donors (Lipinski definition) is 5. The molecular weight excluding hydrogens is 532 g/mol. The van der Waals surface area contributed by atoms with Crippen LogP contribution in [-0.4, -0.2) is 61.0 Å². The monoisotopic (exact) mass is 572 g/mol. The summed E-state index contributed by atoms with van der Waals surface area (Å²) in [5, 5.41) is 22.7. The molecule has 0 aliphatic carbocycles. The quantitative estimate of drug-likeness (QED) is 0.174. The lowest BCUT2D eigenvalue weighted by Gasteiger charge is -2.29. The highest BCUT2D eigenvalue weighted by molar-refractivity contribution is 6.01. The second kappa shape index (κ2) is 15.5. The maximum atomic E-state index is 13.7. The number of hydrogen-bond acceptors (Lipinski definition) is 6. The molecule has 0 radical (unpaired) electrons. The fourth-order valence-electron chi connectivity index (χ4n) is 5.09. The van der Waals surface area contributed by atoms with Crippen LogP contribution in [0.2, 0.25) is 0 Å². The number of allylic oxidation sites excluding steroid dienone is 2. The highest BCUT2D eigenvalue weighted by Gasteiger charge is 2.34. The summed E-state index contributed by atoms with van der Waals surface area (Å²) in [6, 6.07) is 7.02. The number of carbonyl (C=O) groups is 3. The number of fused-ring (bicyclic) bond motifs is 1. The smallest absolute Gasteiger partial charge is 0.268 e. The van der Waals surface area contributed by atoms with Crippen molar-refractivity contribution in [3.8, 4) is 24.2 Å². The van der Waals surface area contributed by atoms with Gasteiger partial charge in [0.1, 0.15) is 23.5 Å². The average Bonchev–Trinajstić information content (AvgIpc) is 3.58. The van der Waals surface area contributed by atoms with Crippen LogP contribution in [0, 0.1) is 35.5 Å². The van der Waals surface area contributed by atoms with Crippen LogP contribution in [0.25, 0.3) is 10.9 Å². The number of nitrogens with one attached hydrogen (secondary N) is 5. The Morgan fingerprint density at radius 1 is 1.29 bits per heavy atom. The second-order valence-electron chi connectivity index (χ2n) is 10.8. The van der Waals surface area contributed by atoms with E-state index < -0.39 is 29.9 Å². The highest BCUT2D eigenvalue weighted by atomic mass is 16.5. The molecule has 3 rings (SSSR count). The number of terminal acetylenes is 1. The number of aromatic nitrogens is 1. The minimum atomic E-state index is -0.870. The van der Waals surface area contributed by atoms with Gasteiger partial charge < -0.3 is 25.7 Å². The summed E-state index contributed by atoms with van der Waals surface area (Å²) in [6.07, 6.45) is 12.0. The second-order valence-corrected chi connectivity index (χ2v) is 10.8. The fraction of sp³-hybridized carbons (Fsp3) is 0.438. The zero-order chi connectivity index (χ0) is 30.6. The van der Waals surface area contributed by atoms with Crippen LogP contribution >= 0.6 is 0 Å². The van der Waals surface area contributed by atoms with Gasteiger partial charge in [-0.05, 0) is 62.0 Å². The predicted molar refractivity (Wildman–Crippen MR) is 162 cm³/mol. The van der Waals surface area contributed by atoms with Crippen molar-refractivity contribution in [2.45, 2.75) is 58.2 Å². The third-order valence-corrected chi connectivity index (χ3v) is 7.16. The molecular formula is C32H40N6O4. The van der Waals surface area contributed by atoms with Gasteiger partial charge in [0.2, 0.25) is 11.8 Å². The minimum absolute atomic E-state index is 0.0881. The Morgan fingerprint density at radius 2 is 2.07 bits per heavy atom. The summed E-state index contributed by atoms with van der Waals surface area (Å²) in [5.41, 5.74) is 1.82. The van der Waals surface area contributed by atoms with Crippen LogP contribution in [0.1, 0.15) is 50.5 Å². The Labute approximate surface area is 247 Å². The summed E-state index contributed by atoms with van der Waals surface area (Å²) in [7, 11) is 1.56. The Bertz CT molecular complexity index is 1410. The molecule has 1 saturated heterocycles. The number of nitrogens with zero attached hydrogens (tertiary/aromatic N) is 1. The zero-order valence-electron chi connectivity index (χ0n) is 24.6. The number of H-pyrrole nitrogens is 1. The Balaban J connectivity index is 1.82. The van der Waals surface area contributed by atoms with E-state index in [1.807, 2.05) is 45.1 Å². The van der Waals surface area contributed by atoms with Gasteiger partial charge in [-0.2, -0.15) is 5.26 Å². The molecule has 1 fully saturated rings. The molecule has 0 bridgehead atoms. The van der Waals surface area contributed by atoms with Gasteiger partial charge in [0, 0.05) is 29.9 Å². The van der Waals surface area contributed by atoms with E-state index in [1.54, 1.807) is 25.3 Å². The molecule has 10 heteroatoms. The molecule has 0 spiro atoms. The molecule has 4 unspecified atom stereocenters. The van der Waals surface area contributed by atoms with Crippen molar-refractivity contribution in [3.63, 3.8) is 0 Å². The molecule has 1 aromatic carbocycles. The van der Waals surface area contributed by atoms with Crippen molar-refractivity contribution < 1.29 is 19.1 Å². The minimum Gasteiger partial charge on any atom is -0.496 e.